The predicted molar refractivity (Wildman–Crippen MR) is 87.2 cm³/mol. The fourth-order valence-corrected chi connectivity index (χ4v) is 2.54. The first kappa shape index (κ1) is 13.5. The Balaban J connectivity index is 2.28. The van der Waals surface area contributed by atoms with Gasteiger partial charge in [0.1, 0.15) is 6.01 Å². The van der Waals surface area contributed by atoms with Gasteiger partial charge in [-0.1, -0.05) is 18.2 Å². The lowest BCUT2D eigenvalue weighted by Gasteiger charge is -1.97. The lowest BCUT2D eigenvalue weighted by atomic mass is 10.2. The van der Waals surface area contributed by atoms with Crippen molar-refractivity contribution in [2.75, 3.05) is 0 Å². The highest BCUT2D eigenvalue weighted by Crippen LogP contribution is 2.24. The summed E-state index contributed by atoms with van der Waals surface area (Å²) in [6, 6.07) is 16.5. The average Bonchev–Trinajstić information content (AvgIpc) is 2.34. The van der Waals surface area contributed by atoms with Crippen molar-refractivity contribution in [3.63, 3.8) is 0 Å². The van der Waals surface area contributed by atoms with Gasteiger partial charge in [0, 0.05) is 8.04 Å². The Morgan fingerprint density at radius 3 is 2.50 bits per heavy atom. The number of aliphatic imine (C=N–C) groups is 2. The first-order chi connectivity index (χ1) is 8.66. The van der Waals surface area contributed by atoms with E-state index in [0.717, 1.165) is 19.4 Å². The fraction of sp³-hybridized carbons (Fsp3) is 0.0714. The summed E-state index contributed by atoms with van der Waals surface area (Å²) < 4.78 is 2.04. The number of hydrogen-bond donors (Lipinski definition) is 0. The van der Waals surface area contributed by atoms with Crippen molar-refractivity contribution in [1.82, 2.24) is 0 Å². The molecule has 0 aliphatic carbocycles. The second-order valence-corrected chi connectivity index (χ2v) is 5.75. The summed E-state index contributed by atoms with van der Waals surface area (Å²) in [7, 11) is 0. The minimum absolute atomic E-state index is 0.823. The van der Waals surface area contributed by atoms with Gasteiger partial charge in [-0.05, 0) is 75.3 Å². The maximum atomic E-state index is 4.24. The number of nitrogens with zero attached hydrogens (tertiary/aromatic N) is 2. The molecule has 0 unspecified atom stereocenters. The van der Waals surface area contributed by atoms with Crippen LogP contribution in [0.15, 0.2) is 56.9 Å². The Morgan fingerprint density at radius 2 is 1.78 bits per heavy atom. The normalized spacial score (nSPS) is 9.72. The Bertz CT molecular complexity index is 631. The van der Waals surface area contributed by atoms with E-state index in [0.29, 0.717) is 0 Å². The van der Waals surface area contributed by atoms with Crippen LogP contribution < -0.4 is 0 Å². The number of halogens is 2. The average molecular weight is 413 g/mol. The molecular weight excluding hydrogens is 403 g/mol. The summed E-state index contributed by atoms with van der Waals surface area (Å²) in [5.41, 5.74) is 2.93. The van der Waals surface area contributed by atoms with Crippen LogP contribution in [0.1, 0.15) is 5.56 Å². The van der Waals surface area contributed by atoms with E-state index in [9.17, 15) is 0 Å². The molecule has 0 N–H and O–H groups in total. The third-order valence-electron chi connectivity index (χ3n) is 2.30. The van der Waals surface area contributed by atoms with Crippen LogP contribution in [0.25, 0.3) is 0 Å². The van der Waals surface area contributed by atoms with Gasteiger partial charge >= 0.3 is 0 Å². The van der Waals surface area contributed by atoms with Crippen molar-refractivity contribution in [2.24, 2.45) is 9.98 Å². The van der Waals surface area contributed by atoms with E-state index < -0.39 is 0 Å². The number of benzene rings is 2. The number of rotatable bonds is 2. The molecule has 0 aliphatic heterocycles. The Kier molecular flexibility index (Phi) is 4.69. The summed E-state index contributed by atoms with van der Waals surface area (Å²) in [6.07, 6.45) is 0. The van der Waals surface area contributed by atoms with Gasteiger partial charge in [-0.25, -0.2) is 0 Å². The Labute approximate surface area is 128 Å². The summed E-state index contributed by atoms with van der Waals surface area (Å²) in [5.74, 6) is 0. The maximum Gasteiger partial charge on any atom is 0.101 e. The SMILES string of the molecule is Cc1ccc(N=C=Nc2ccccc2Br)c(I)c1. The van der Waals surface area contributed by atoms with Crippen LogP contribution in [-0.4, -0.2) is 6.01 Å². The molecule has 0 bridgehead atoms. The zero-order chi connectivity index (χ0) is 13.0. The largest absolute Gasteiger partial charge is 0.186 e. The molecule has 0 aliphatic rings. The van der Waals surface area contributed by atoms with E-state index in [1.54, 1.807) is 0 Å². The van der Waals surface area contributed by atoms with E-state index >= 15 is 0 Å². The molecule has 2 rings (SSSR count). The van der Waals surface area contributed by atoms with Crippen LogP contribution in [0.4, 0.5) is 11.4 Å². The third kappa shape index (κ3) is 3.51. The predicted octanol–water partition coefficient (Wildman–Crippen LogP) is 5.50. The highest BCUT2D eigenvalue weighted by molar-refractivity contribution is 14.1. The van der Waals surface area contributed by atoms with E-state index in [-0.39, 0.29) is 0 Å². The van der Waals surface area contributed by atoms with Crippen molar-refractivity contribution < 1.29 is 0 Å². The van der Waals surface area contributed by atoms with E-state index in [1.807, 2.05) is 36.4 Å². The third-order valence-corrected chi connectivity index (χ3v) is 3.83. The van der Waals surface area contributed by atoms with Crippen LogP contribution in [0.2, 0.25) is 0 Å². The van der Waals surface area contributed by atoms with Crippen LogP contribution in [-0.2, 0) is 0 Å². The fourth-order valence-electron chi connectivity index (χ4n) is 1.38. The van der Waals surface area contributed by atoms with Gasteiger partial charge in [-0.15, -0.1) is 0 Å². The molecule has 2 nitrogen and oxygen atoms in total. The molecule has 0 amide bonds. The highest BCUT2D eigenvalue weighted by Gasteiger charge is 1.97. The molecule has 0 aromatic heterocycles. The maximum absolute atomic E-state index is 4.24. The van der Waals surface area contributed by atoms with E-state index in [1.165, 1.54) is 5.56 Å². The van der Waals surface area contributed by atoms with Gasteiger partial charge in [0.05, 0.1) is 11.4 Å². The molecule has 0 fully saturated rings. The smallest absolute Gasteiger partial charge is 0.101 e. The van der Waals surface area contributed by atoms with Gasteiger partial charge in [-0.3, -0.25) is 0 Å². The highest BCUT2D eigenvalue weighted by atomic mass is 127. The van der Waals surface area contributed by atoms with Gasteiger partial charge in [0.15, 0.2) is 0 Å². The lowest BCUT2D eigenvalue weighted by Crippen LogP contribution is -1.76. The molecule has 90 valence electrons. The van der Waals surface area contributed by atoms with Crippen LogP contribution in [0.5, 0.6) is 0 Å². The topological polar surface area (TPSA) is 24.7 Å². The number of hydrogen-bond acceptors (Lipinski definition) is 2. The molecule has 0 saturated carbocycles. The van der Waals surface area contributed by atoms with Crippen LogP contribution >= 0.6 is 38.5 Å². The van der Waals surface area contributed by atoms with Crippen molar-refractivity contribution in [1.29, 1.82) is 0 Å². The van der Waals surface area contributed by atoms with Crippen LogP contribution in [0, 0.1) is 10.5 Å². The minimum atomic E-state index is 0.823. The molecule has 0 heterocycles. The van der Waals surface area contributed by atoms with Gasteiger partial charge in [0.2, 0.25) is 0 Å². The zero-order valence-electron chi connectivity index (χ0n) is 9.69. The summed E-state index contributed by atoms with van der Waals surface area (Å²) in [4.78, 5) is 8.44. The monoisotopic (exact) mass is 412 g/mol. The molecule has 0 atom stereocenters. The minimum Gasteiger partial charge on any atom is -0.186 e. The zero-order valence-corrected chi connectivity index (χ0v) is 13.4. The second-order valence-electron chi connectivity index (χ2n) is 3.73. The molecular formula is C14H10BrIN2. The molecule has 2 aromatic rings. The molecule has 0 spiro atoms. The lowest BCUT2D eigenvalue weighted by molar-refractivity contribution is 1.40. The first-order valence-corrected chi connectivity index (χ1v) is 7.21. The summed E-state index contributed by atoms with van der Waals surface area (Å²) in [6.45, 7) is 2.06. The van der Waals surface area contributed by atoms with Crippen molar-refractivity contribution in [3.05, 3.63) is 56.1 Å². The standard InChI is InChI=1S/C14H10BrIN2/c1-10-6-7-14(12(16)8-10)18-9-17-13-5-3-2-4-11(13)15/h2-8H,1H3. The quantitative estimate of drug-likeness (QED) is 0.459. The molecule has 0 saturated heterocycles. The van der Waals surface area contributed by atoms with Crippen molar-refractivity contribution >= 4 is 55.9 Å². The van der Waals surface area contributed by atoms with Gasteiger partial charge in [-0.2, -0.15) is 9.98 Å². The van der Waals surface area contributed by atoms with E-state index in [2.05, 4.69) is 67.5 Å². The Morgan fingerprint density at radius 1 is 1.06 bits per heavy atom. The van der Waals surface area contributed by atoms with Gasteiger partial charge in [0.25, 0.3) is 0 Å². The number of aryl methyl sites for hydroxylation is 1. The molecule has 4 heteroatoms. The second kappa shape index (κ2) is 6.27. The van der Waals surface area contributed by atoms with Crippen molar-refractivity contribution in [2.45, 2.75) is 6.92 Å². The van der Waals surface area contributed by atoms with Crippen molar-refractivity contribution in [3.8, 4) is 0 Å². The van der Waals surface area contributed by atoms with Crippen LogP contribution in [0.3, 0.4) is 0 Å². The molecule has 18 heavy (non-hydrogen) atoms. The van der Waals surface area contributed by atoms with E-state index in [4.69, 9.17) is 0 Å². The molecule has 0 radical (unpaired) electrons. The van der Waals surface area contributed by atoms with Gasteiger partial charge < -0.3 is 0 Å². The summed E-state index contributed by atoms with van der Waals surface area (Å²) >= 11 is 5.69. The Hall–Kier alpha value is -0.970. The number of para-hydroxylation sites is 1. The summed E-state index contributed by atoms with van der Waals surface area (Å²) in [5, 5.41) is 0. The molecule has 2 aromatic carbocycles. The first-order valence-electron chi connectivity index (χ1n) is 5.34.